The van der Waals surface area contributed by atoms with Crippen LogP contribution < -0.4 is 4.74 Å². The van der Waals surface area contributed by atoms with E-state index < -0.39 is 0 Å². The topological polar surface area (TPSA) is 17.0 Å². The zero-order valence-corrected chi connectivity index (χ0v) is 8.07. The minimum atomic E-state index is -0.0299. The second-order valence-electron chi connectivity index (χ2n) is 3.62. The van der Waals surface area contributed by atoms with Crippen LogP contribution in [0.15, 0.2) is 10.7 Å². The predicted molar refractivity (Wildman–Crippen MR) is 43.6 cm³/mol. The fraction of sp³-hybridized carbons (Fsp3) is 0.625. The second-order valence-corrected chi connectivity index (χ2v) is 4.03. The Bertz CT molecular complexity index is 240. The molecular weight excluding hydrogens is 162 g/mol. The van der Waals surface area contributed by atoms with Crippen LogP contribution in [0, 0.1) is 6.92 Å². The van der Waals surface area contributed by atoms with Crippen LogP contribution in [0.25, 0.3) is 0 Å². The standard InChI is InChI=1S/C8H13ClNO/c1-6-7(9)5-10(11-6)8(2,3)4/h5H,1-4H3/q+1. The summed E-state index contributed by atoms with van der Waals surface area (Å²) < 4.78 is 7.12. The Labute approximate surface area is 71.7 Å². The summed E-state index contributed by atoms with van der Waals surface area (Å²) >= 11 is 5.82. The van der Waals surface area contributed by atoms with Crippen molar-refractivity contribution in [3.05, 3.63) is 17.0 Å². The summed E-state index contributed by atoms with van der Waals surface area (Å²) in [4.78, 5) is 0. The van der Waals surface area contributed by atoms with Crippen LogP contribution in [-0.2, 0) is 5.54 Å². The molecule has 0 saturated carbocycles. The summed E-state index contributed by atoms with van der Waals surface area (Å²) in [7, 11) is 0. The molecule has 0 aromatic carbocycles. The Balaban J connectivity index is 3.08. The number of nitrogens with zero attached hydrogens (tertiary/aromatic N) is 1. The van der Waals surface area contributed by atoms with E-state index in [-0.39, 0.29) is 5.54 Å². The second kappa shape index (κ2) is 2.52. The highest BCUT2D eigenvalue weighted by Gasteiger charge is 2.27. The van der Waals surface area contributed by atoms with Gasteiger partial charge in [0.1, 0.15) is 0 Å². The minimum Gasteiger partial charge on any atom is -0.240 e. The number of hydrogen-bond acceptors (Lipinski definition) is 1. The van der Waals surface area contributed by atoms with Gasteiger partial charge in [-0.15, -0.1) is 0 Å². The van der Waals surface area contributed by atoms with Crippen molar-refractivity contribution in [2.45, 2.75) is 33.2 Å². The SMILES string of the molecule is Cc1o[n+](C(C)(C)C)cc1Cl. The average Bonchev–Trinajstić information content (AvgIpc) is 2.11. The summed E-state index contributed by atoms with van der Waals surface area (Å²) in [5.74, 6) is 0.765. The average molecular weight is 175 g/mol. The van der Waals surface area contributed by atoms with Crippen molar-refractivity contribution in [1.82, 2.24) is 0 Å². The Morgan fingerprint density at radius 1 is 1.45 bits per heavy atom. The molecular formula is C8H13ClNO+. The molecule has 0 radical (unpaired) electrons. The Kier molecular flexibility index (Phi) is 1.97. The molecule has 0 atom stereocenters. The zero-order valence-electron chi connectivity index (χ0n) is 7.31. The highest BCUT2D eigenvalue weighted by atomic mass is 35.5. The molecule has 0 saturated heterocycles. The number of aromatic nitrogens is 1. The van der Waals surface area contributed by atoms with Gasteiger partial charge in [0.05, 0.1) is 0 Å². The van der Waals surface area contributed by atoms with E-state index in [2.05, 4.69) is 20.8 Å². The number of rotatable bonds is 0. The third-order valence-electron chi connectivity index (χ3n) is 1.46. The molecule has 1 heterocycles. The first-order valence-electron chi connectivity index (χ1n) is 3.60. The third-order valence-corrected chi connectivity index (χ3v) is 1.83. The molecule has 0 fully saturated rings. The van der Waals surface area contributed by atoms with Gasteiger partial charge in [0, 0.05) is 27.7 Å². The first-order valence-corrected chi connectivity index (χ1v) is 3.97. The van der Waals surface area contributed by atoms with Crippen molar-refractivity contribution in [1.29, 1.82) is 0 Å². The lowest BCUT2D eigenvalue weighted by Gasteiger charge is -2.05. The molecule has 0 amide bonds. The number of halogens is 1. The lowest BCUT2D eigenvalue weighted by atomic mass is 10.1. The smallest absolute Gasteiger partial charge is 0.239 e. The van der Waals surface area contributed by atoms with E-state index in [1.54, 1.807) is 10.9 Å². The van der Waals surface area contributed by atoms with Crippen molar-refractivity contribution in [3.63, 3.8) is 0 Å². The van der Waals surface area contributed by atoms with Gasteiger partial charge < -0.3 is 0 Å². The summed E-state index contributed by atoms with van der Waals surface area (Å²) in [5, 5.41) is 0.680. The molecule has 62 valence electrons. The van der Waals surface area contributed by atoms with Crippen molar-refractivity contribution < 1.29 is 9.26 Å². The molecule has 0 aliphatic carbocycles. The zero-order chi connectivity index (χ0) is 8.65. The van der Waals surface area contributed by atoms with E-state index in [1.165, 1.54) is 0 Å². The monoisotopic (exact) mass is 174 g/mol. The van der Waals surface area contributed by atoms with Gasteiger partial charge in [-0.1, -0.05) is 11.6 Å². The van der Waals surface area contributed by atoms with Gasteiger partial charge in [0.2, 0.25) is 17.5 Å². The molecule has 0 bridgehead atoms. The van der Waals surface area contributed by atoms with Crippen LogP contribution in [0.3, 0.4) is 0 Å². The van der Waals surface area contributed by atoms with Crippen LogP contribution in [0.2, 0.25) is 5.02 Å². The molecule has 1 rings (SSSR count). The van der Waals surface area contributed by atoms with Crippen molar-refractivity contribution >= 4 is 11.6 Å². The van der Waals surface area contributed by atoms with Crippen LogP contribution in [0.4, 0.5) is 0 Å². The van der Waals surface area contributed by atoms with Crippen LogP contribution >= 0.6 is 11.6 Å². The first kappa shape index (κ1) is 8.60. The highest BCUT2D eigenvalue weighted by molar-refractivity contribution is 6.30. The normalized spacial score (nSPS) is 12.1. The number of hydrogen-bond donors (Lipinski definition) is 0. The van der Waals surface area contributed by atoms with Crippen LogP contribution in [0.5, 0.6) is 0 Å². The van der Waals surface area contributed by atoms with E-state index >= 15 is 0 Å². The fourth-order valence-corrected chi connectivity index (χ4v) is 0.865. The van der Waals surface area contributed by atoms with E-state index in [1.807, 2.05) is 6.92 Å². The quantitative estimate of drug-likeness (QED) is 0.552. The fourth-order valence-electron chi connectivity index (χ4n) is 0.742. The van der Waals surface area contributed by atoms with Gasteiger partial charge in [-0.05, 0) is 4.74 Å². The van der Waals surface area contributed by atoms with Gasteiger partial charge in [0.15, 0.2) is 5.02 Å². The molecule has 2 nitrogen and oxygen atoms in total. The van der Waals surface area contributed by atoms with Crippen molar-refractivity contribution in [3.8, 4) is 0 Å². The van der Waals surface area contributed by atoms with Gasteiger partial charge in [-0.25, -0.2) is 4.52 Å². The Hall–Kier alpha value is -0.500. The van der Waals surface area contributed by atoms with E-state index in [0.717, 1.165) is 5.76 Å². The molecule has 0 spiro atoms. The predicted octanol–water partition coefficient (Wildman–Crippen LogP) is 2.28. The minimum absolute atomic E-state index is 0.0299. The summed E-state index contributed by atoms with van der Waals surface area (Å²) in [6.07, 6.45) is 1.80. The lowest BCUT2D eigenvalue weighted by molar-refractivity contribution is -0.907. The largest absolute Gasteiger partial charge is 0.240 e. The Morgan fingerprint density at radius 2 is 2.00 bits per heavy atom. The number of aryl methyl sites for hydroxylation is 1. The van der Waals surface area contributed by atoms with Gasteiger partial charge in [-0.3, -0.25) is 0 Å². The summed E-state index contributed by atoms with van der Waals surface area (Å²) in [5.41, 5.74) is -0.0299. The highest BCUT2D eigenvalue weighted by Crippen LogP contribution is 2.14. The maximum absolute atomic E-state index is 5.82. The maximum atomic E-state index is 5.82. The van der Waals surface area contributed by atoms with E-state index in [4.69, 9.17) is 16.1 Å². The van der Waals surface area contributed by atoms with Gasteiger partial charge in [-0.2, -0.15) is 0 Å². The molecule has 0 unspecified atom stereocenters. The first-order chi connectivity index (χ1) is 4.91. The van der Waals surface area contributed by atoms with Crippen molar-refractivity contribution in [2.24, 2.45) is 0 Å². The molecule has 0 aliphatic heterocycles. The molecule has 3 heteroatoms. The third kappa shape index (κ3) is 1.74. The Morgan fingerprint density at radius 3 is 2.18 bits per heavy atom. The van der Waals surface area contributed by atoms with E-state index in [0.29, 0.717) is 5.02 Å². The molecule has 0 aliphatic rings. The van der Waals surface area contributed by atoms with E-state index in [9.17, 15) is 0 Å². The summed E-state index contributed by atoms with van der Waals surface area (Å²) in [6.45, 7) is 8.04. The molecule has 1 aromatic heterocycles. The molecule has 1 aromatic rings. The lowest BCUT2D eigenvalue weighted by Crippen LogP contribution is -2.48. The van der Waals surface area contributed by atoms with Crippen LogP contribution in [0.1, 0.15) is 26.5 Å². The summed E-state index contributed by atoms with van der Waals surface area (Å²) in [6, 6.07) is 0. The molecule has 11 heavy (non-hydrogen) atoms. The van der Waals surface area contributed by atoms with Gasteiger partial charge >= 0.3 is 0 Å². The van der Waals surface area contributed by atoms with Crippen molar-refractivity contribution in [2.75, 3.05) is 0 Å². The van der Waals surface area contributed by atoms with Gasteiger partial charge in [0.25, 0.3) is 0 Å². The maximum Gasteiger partial charge on any atom is 0.239 e. The molecule has 0 N–H and O–H groups in total. The van der Waals surface area contributed by atoms with Crippen LogP contribution in [-0.4, -0.2) is 0 Å².